The standard InChI is InChI=1S/C8H11.3CH4O.Hf/c1-2-5-8-6-3-4-7-8;3*1-2;/h3,6H,2,4-5H2,1H3;3*2H,1H3;/q-1;;;;. The van der Waals surface area contributed by atoms with Crippen LogP contribution in [0.5, 0.6) is 0 Å². The van der Waals surface area contributed by atoms with E-state index in [-0.39, 0.29) is 25.8 Å². The van der Waals surface area contributed by atoms with Gasteiger partial charge in [0.1, 0.15) is 0 Å². The molecular formula is C11H23HfO3-. The maximum absolute atomic E-state index is 7.00. The fourth-order valence-electron chi connectivity index (χ4n) is 0.891. The molecule has 0 saturated heterocycles. The van der Waals surface area contributed by atoms with Crippen LogP contribution in [0.2, 0.25) is 0 Å². The Morgan fingerprint density at radius 1 is 1.13 bits per heavy atom. The normalized spacial score (nSPS) is 10.2. The summed E-state index contributed by atoms with van der Waals surface area (Å²) in [5.74, 6) is 0. The van der Waals surface area contributed by atoms with Gasteiger partial charge in [-0.3, -0.25) is 6.08 Å². The van der Waals surface area contributed by atoms with Gasteiger partial charge in [0.25, 0.3) is 0 Å². The number of aliphatic hydroxyl groups is 3. The van der Waals surface area contributed by atoms with Crippen LogP contribution in [-0.4, -0.2) is 36.6 Å². The topological polar surface area (TPSA) is 60.7 Å². The van der Waals surface area contributed by atoms with Crippen LogP contribution in [0.15, 0.2) is 17.7 Å². The molecule has 4 heteroatoms. The van der Waals surface area contributed by atoms with Crippen LogP contribution in [0.25, 0.3) is 0 Å². The van der Waals surface area contributed by atoms with Gasteiger partial charge >= 0.3 is 0 Å². The summed E-state index contributed by atoms with van der Waals surface area (Å²) >= 11 is 0. The summed E-state index contributed by atoms with van der Waals surface area (Å²) in [5.41, 5.74) is 1.40. The van der Waals surface area contributed by atoms with E-state index in [1.165, 1.54) is 18.4 Å². The minimum Gasteiger partial charge on any atom is -0.400 e. The number of allylic oxidation sites excluding steroid dienone is 4. The van der Waals surface area contributed by atoms with E-state index in [4.69, 9.17) is 15.3 Å². The van der Waals surface area contributed by atoms with Crippen molar-refractivity contribution in [2.24, 2.45) is 0 Å². The minimum absolute atomic E-state index is 0. The van der Waals surface area contributed by atoms with Gasteiger partial charge in [0, 0.05) is 47.2 Å². The van der Waals surface area contributed by atoms with Gasteiger partial charge in [0.2, 0.25) is 0 Å². The molecule has 1 aliphatic carbocycles. The Bertz CT molecular complexity index is 134. The number of rotatable bonds is 2. The van der Waals surface area contributed by atoms with Crippen molar-refractivity contribution in [3.05, 3.63) is 23.8 Å². The molecule has 0 atom stereocenters. The van der Waals surface area contributed by atoms with E-state index in [9.17, 15) is 0 Å². The fourth-order valence-corrected chi connectivity index (χ4v) is 0.891. The van der Waals surface area contributed by atoms with Crippen molar-refractivity contribution in [3.63, 3.8) is 0 Å². The van der Waals surface area contributed by atoms with Crippen LogP contribution >= 0.6 is 0 Å². The molecule has 0 unspecified atom stereocenters. The van der Waals surface area contributed by atoms with E-state index in [0.29, 0.717) is 0 Å². The maximum atomic E-state index is 7.00. The zero-order valence-electron chi connectivity index (χ0n) is 10.1. The molecule has 15 heavy (non-hydrogen) atoms. The van der Waals surface area contributed by atoms with Gasteiger partial charge in [-0.05, 0) is 0 Å². The van der Waals surface area contributed by atoms with Gasteiger partial charge in [0.05, 0.1) is 0 Å². The number of hydrogen-bond acceptors (Lipinski definition) is 3. The first-order valence-electron chi connectivity index (χ1n) is 4.54. The molecule has 0 fully saturated rings. The molecule has 0 bridgehead atoms. The van der Waals surface area contributed by atoms with Crippen molar-refractivity contribution in [1.29, 1.82) is 0 Å². The van der Waals surface area contributed by atoms with Crippen molar-refractivity contribution in [2.45, 2.75) is 26.2 Å². The largest absolute Gasteiger partial charge is 0.400 e. The second-order valence-corrected chi connectivity index (χ2v) is 2.06. The van der Waals surface area contributed by atoms with Crippen LogP contribution in [0.3, 0.4) is 0 Å². The zero-order chi connectivity index (χ0) is 11.8. The summed E-state index contributed by atoms with van der Waals surface area (Å²) in [7, 11) is 3.00. The predicted molar refractivity (Wildman–Crippen MR) is 59.8 cm³/mol. The van der Waals surface area contributed by atoms with Gasteiger partial charge in [-0.2, -0.15) is 6.08 Å². The third kappa shape index (κ3) is 20.3. The zero-order valence-corrected chi connectivity index (χ0v) is 13.7. The van der Waals surface area contributed by atoms with E-state index >= 15 is 0 Å². The molecule has 0 heterocycles. The predicted octanol–water partition coefficient (Wildman–Crippen LogP) is 1.30. The van der Waals surface area contributed by atoms with Gasteiger partial charge in [0.15, 0.2) is 0 Å². The van der Waals surface area contributed by atoms with Crippen LogP contribution < -0.4 is 0 Å². The SMILES string of the molecule is CCCC1=[C-]CC=C1.CO.CO.CO.[Hf]. The summed E-state index contributed by atoms with van der Waals surface area (Å²) in [4.78, 5) is 0. The van der Waals surface area contributed by atoms with Crippen molar-refractivity contribution in [3.8, 4) is 0 Å². The smallest absolute Gasteiger partial charge is 0.0319 e. The van der Waals surface area contributed by atoms with E-state index in [1.807, 2.05) is 0 Å². The maximum Gasteiger partial charge on any atom is 0.0319 e. The molecule has 1 rings (SSSR count). The Kier molecular flexibility index (Phi) is 47.7. The van der Waals surface area contributed by atoms with Crippen LogP contribution in [0.1, 0.15) is 26.2 Å². The Morgan fingerprint density at radius 3 is 1.87 bits per heavy atom. The number of hydrogen-bond donors (Lipinski definition) is 3. The molecule has 90 valence electrons. The van der Waals surface area contributed by atoms with Gasteiger partial charge in [-0.1, -0.05) is 19.8 Å². The molecule has 0 radical (unpaired) electrons. The van der Waals surface area contributed by atoms with Crippen LogP contribution in [-0.2, 0) is 25.8 Å². The molecule has 0 saturated carbocycles. The van der Waals surface area contributed by atoms with E-state index < -0.39 is 0 Å². The minimum atomic E-state index is 0. The average molecular weight is 382 g/mol. The van der Waals surface area contributed by atoms with Gasteiger partial charge in [-0.15, -0.1) is 6.42 Å². The Morgan fingerprint density at radius 2 is 1.60 bits per heavy atom. The molecule has 0 aliphatic heterocycles. The molecule has 3 nitrogen and oxygen atoms in total. The van der Waals surface area contributed by atoms with Crippen molar-refractivity contribution in [1.82, 2.24) is 0 Å². The molecule has 1 aliphatic rings. The molecular weight excluding hydrogens is 359 g/mol. The summed E-state index contributed by atoms with van der Waals surface area (Å²) in [6, 6.07) is 0. The molecule has 0 spiro atoms. The average Bonchev–Trinajstić information content (AvgIpc) is 2.80. The first-order chi connectivity index (χ1) is 6.93. The Balaban J connectivity index is -0.0000000755. The molecule has 0 amide bonds. The van der Waals surface area contributed by atoms with Crippen molar-refractivity contribution < 1.29 is 41.2 Å². The Hall–Kier alpha value is 0.230. The molecule has 0 aromatic heterocycles. The monoisotopic (exact) mass is 383 g/mol. The first-order valence-corrected chi connectivity index (χ1v) is 4.54. The molecule has 3 N–H and O–H groups in total. The van der Waals surface area contributed by atoms with E-state index in [1.54, 1.807) is 0 Å². The molecule has 0 aromatic carbocycles. The van der Waals surface area contributed by atoms with E-state index in [2.05, 4.69) is 25.2 Å². The van der Waals surface area contributed by atoms with Crippen LogP contribution in [0.4, 0.5) is 0 Å². The summed E-state index contributed by atoms with van der Waals surface area (Å²) in [5, 5.41) is 21.0. The van der Waals surface area contributed by atoms with Gasteiger partial charge in [-0.25, -0.2) is 11.6 Å². The number of aliphatic hydroxyl groups excluding tert-OH is 3. The summed E-state index contributed by atoms with van der Waals surface area (Å²) < 4.78 is 0. The second-order valence-electron chi connectivity index (χ2n) is 2.06. The van der Waals surface area contributed by atoms with Crippen molar-refractivity contribution in [2.75, 3.05) is 21.3 Å². The van der Waals surface area contributed by atoms with Crippen molar-refractivity contribution >= 4 is 0 Å². The summed E-state index contributed by atoms with van der Waals surface area (Å²) in [6.45, 7) is 2.20. The fraction of sp³-hybridized carbons (Fsp3) is 0.636. The third-order valence-electron chi connectivity index (χ3n) is 1.29. The first kappa shape index (κ1) is 24.5. The van der Waals surface area contributed by atoms with E-state index in [0.717, 1.165) is 27.8 Å². The quantitative estimate of drug-likeness (QED) is 0.499. The van der Waals surface area contributed by atoms with Gasteiger partial charge < -0.3 is 15.3 Å². The summed E-state index contributed by atoms with van der Waals surface area (Å²) in [6.07, 6.45) is 11.1. The Labute approximate surface area is 112 Å². The third-order valence-corrected chi connectivity index (χ3v) is 1.29. The molecule has 0 aromatic rings. The second kappa shape index (κ2) is 29.2. The van der Waals surface area contributed by atoms with Crippen LogP contribution in [0, 0.1) is 6.08 Å².